The van der Waals surface area contributed by atoms with Gasteiger partial charge in [0.05, 0.1) is 11.8 Å². The summed E-state index contributed by atoms with van der Waals surface area (Å²) in [4.78, 5) is 28.5. The third kappa shape index (κ3) is 4.08. The van der Waals surface area contributed by atoms with E-state index >= 15 is 0 Å². The largest absolute Gasteiger partial charge is 0.340 e. The fourth-order valence-corrected chi connectivity index (χ4v) is 2.71. The van der Waals surface area contributed by atoms with Gasteiger partial charge in [-0.2, -0.15) is 0 Å². The summed E-state index contributed by atoms with van der Waals surface area (Å²) in [7, 11) is 0. The van der Waals surface area contributed by atoms with Crippen LogP contribution in [0.5, 0.6) is 0 Å². The Kier molecular flexibility index (Phi) is 4.93. The highest BCUT2D eigenvalue weighted by Crippen LogP contribution is 2.19. The van der Waals surface area contributed by atoms with Gasteiger partial charge in [-0.3, -0.25) is 14.3 Å². The van der Waals surface area contributed by atoms with Crippen LogP contribution in [0.15, 0.2) is 67.5 Å². The molecule has 1 amide bonds. The third-order valence-corrected chi connectivity index (χ3v) is 4.16. The Labute approximate surface area is 165 Å². The molecule has 4 aromatic rings. The number of carbonyl (C=O) groups is 1. The van der Waals surface area contributed by atoms with Gasteiger partial charge in [0, 0.05) is 36.0 Å². The number of amides is 1. The molecule has 4 rings (SSSR count). The van der Waals surface area contributed by atoms with Crippen molar-refractivity contribution >= 4 is 23.1 Å². The van der Waals surface area contributed by atoms with Crippen LogP contribution in [-0.4, -0.2) is 30.4 Å². The number of benzene rings is 1. The molecule has 1 aromatic carbocycles. The molecular weight excluding hydrogens is 373 g/mol. The van der Waals surface area contributed by atoms with E-state index in [0.29, 0.717) is 17.3 Å². The maximum atomic E-state index is 13.7. The summed E-state index contributed by atoms with van der Waals surface area (Å²) in [5.41, 5.74) is 1.24. The number of nitrogens with one attached hydrogen (secondary N) is 2. The zero-order chi connectivity index (χ0) is 20.2. The second kappa shape index (κ2) is 7.85. The van der Waals surface area contributed by atoms with Crippen molar-refractivity contribution in [1.29, 1.82) is 0 Å². The molecule has 0 spiro atoms. The molecule has 29 heavy (non-hydrogen) atoms. The van der Waals surface area contributed by atoms with Crippen molar-refractivity contribution in [3.8, 4) is 5.82 Å². The molecule has 0 aliphatic heterocycles. The van der Waals surface area contributed by atoms with Gasteiger partial charge >= 0.3 is 0 Å². The van der Waals surface area contributed by atoms with Crippen LogP contribution in [0.4, 0.5) is 21.6 Å². The van der Waals surface area contributed by atoms with Gasteiger partial charge in [0.25, 0.3) is 5.91 Å². The molecule has 9 heteroatoms. The van der Waals surface area contributed by atoms with Crippen molar-refractivity contribution in [2.45, 2.75) is 6.92 Å². The fourth-order valence-electron chi connectivity index (χ4n) is 2.71. The van der Waals surface area contributed by atoms with E-state index < -0.39 is 11.7 Å². The Morgan fingerprint density at radius 1 is 1.03 bits per heavy atom. The standard InChI is InChI=1S/C20H16FN7O/c1-13-23-8-9-28(13)19-10-18(24-12-25-19)26-14-2-4-15(5-3-14)27-20(29)16-6-7-22-11-17(16)21/h2-12H,1H3,(H,27,29)(H,24,25,26). The Hall–Kier alpha value is -4.14. The van der Waals surface area contributed by atoms with Gasteiger partial charge < -0.3 is 10.6 Å². The Bertz CT molecular complexity index is 1160. The minimum absolute atomic E-state index is 0.0643. The first-order valence-corrected chi connectivity index (χ1v) is 8.70. The van der Waals surface area contributed by atoms with Crippen molar-refractivity contribution in [3.63, 3.8) is 0 Å². The van der Waals surface area contributed by atoms with Crippen LogP contribution in [0.25, 0.3) is 5.82 Å². The number of aromatic nitrogens is 5. The van der Waals surface area contributed by atoms with E-state index in [1.54, 1.807) is 36.5 Å². The van der Waals surface area contributed by atoms with Crippen LogP contribution < -0.4 is 10.6 Å². The van der Waals surface area contributed by atoms with E-state index in [4.69, 9.17) is 0 Å². The first kappa shape index (κ1) is 18.2. The maximum Gasteiger partial charge on any atom is 0.258 e. The van der Waals surface area contributed by atoms with E-state index in [1.807, 2.05) is 17.7 Å². The zero-order valence-corrected chi connectivity index (χ0v) is 15.4. The molecule has 0 radical (unpaired) electrons. The summed E-state index contributed by atoms with van der Waals surface area (Å²) in [6.45, 7) is 1.89. The minimum Gasteiger partial charge on any atom is -0.340 e. The first-order valence-electron chi connectivity index (χ1n) is 8.70. The summed E-state index contributed by atoms with van der Waals surface area (Å²) >= 11 is 0. The summed E-state index contributed by atoms with van der Waals surface area (Å²) in [6, 6.07) is 10.1. The highest BCUT2D eigenvalue weighted by atomic mass is 19.1. The molecule has 0 atom stereocenters. The molecule has 0 saturated carbocycles. The average molecular weight is 389 g/mol. The second-order valence-electron chi connectivity index (χ2n) is 6.12. The van der Waals surface area contributed by atoms with Gasteiger partial charge in [-0.15, -0.1) is 0 Å². The predicted octanol–water partition coefficient (Wildman–Crippen LogP) is 3.50. The highest BCUT2D eigenvalue weighted by Gasteiger charge is 2.11. The lowest BCUT2D eigenvalue weighted by Gasteiger charge is -2.10. The number of hydrogen-bond acceptors (Lipinski definition) is 6. The normalized spacial score (nSPS) is 10.6. The van der Waals surface area contributed by atoms with Gasteiger partial charge in [0.15, 0.2) is 5.82 Å². The molecule has 3 aromatic heterocycles. The molecular formula is C20H16FN7O. The maximum absolute atomic E-state index is 13.7. The Balaban J connectivity index is 1.46. The number of pyridine rings is 1. The van der Waals surface area contributed by atoms with Crippen molar-refractivity contribution in [3.05, 3.63) is 84.7 Å². The lowest BCUT2D eigenvalue weighted by Crippen LogP contribution is -2.13. The first-order chi connectivity index (χ1) is 14.1. The van der Waals surface area contributed by atoms with E-state index in [9.17, 15) is 9.18 Å². The summed E-state index contributed by atoms with van der Waals surface area (Å²) in [6.07, 6.45) is 7.37. The molecule has 144 valence electrons. The van der Waals surface area contributed by atoms with Gasteiger partial charge in [0.1, 0.15) is 23.8 Å². The third-order valence-electron chi connectivity index (χ3n) is 4.16. The monoisotopic (exact) mass is 389 g/mol. The molecule has 0 unspecified atom stereocenters. The van der Waals surface area contributed by atoms with Crippen LogP contribution in [0.1, 0.15) is 16.2 Å². The molecule has 0 aliphatic carbocycles. The Morgan fingerprint density at radius 3 is 2.55 bits per heavy atom. The molecule has 0 bridgehead atoms. The Morgan fingerprint density at radius 2 is 1.83 bits per heavy atom. The number of nitrogens with zero attached hydrogens (tertiary/aromatic N) is 5. The lowest BCUT2D eigenvalue weighted by atomic mass is 10.2. The van der Waals surface area contributed by atoms with Crippen LogP contribution >= 0.6 is 0 Å². The SMILES string of the molecule is Cc1nccn1-c1cc(Nc2ccc(NC(=O)c3ccncc3F)cc2)ncn1. The van der Waals surface area contributed by atoms with E-state index in [2.05, 4.69) is 30.6 Å². The van der Waals surface area contributed by atoms with Gasteiger partial charge in [0.2, 0.25) is 0 Å². The zero-order valence-electron chi connectivity index (χ0n) is 15.4. The summed E-state index contributed by atoms with van der Waals surface area (Å²) in [5.74, 6) is 0.914. The molecule has 0 saturated heterocycles. The van der Waals surface area contributed by atoms with Crippen molar-refractivity contribution < 1.29 is 9.18 Å². The van der Waals surface area contributed by atoms with Gasteiger partial charge in [-0.05, 0) is 37.3 Å². The van der Waals surface area contributed by atoms with Crippen molar-refractivity contribution in [2.75, 3.05) is 10.6 Å². The fraction of sp³-hybridized carbons (Fsp3) is 0.0500. The second-order valence-corrected chi connectivity index (χ2v) is 6.12. The highest BCUT2D eigenvalue weighted by molar-refractivity contribution is 6.04. The average Bonchev–Trinajstić information content (AvgIpc) is 3.16. The van der Waals surface area contributed by atoms with E-state index in [0.717, 1.165) is 17.7 Å². The van der Waals surface area contributed by atoms with E-state index in [1.165, 1.54) is 18.6 Å². The van der Waals surface area contributed by atoms with Crippen LogP contribution in [-0.2, 0) is 0 Å². The number of hydrogen-bond donors (Lipinski definition) is 2. The smallest absolute Gasteiger partial charge is 0.258 e. The molecule has 0 fully saturated rings. The number of imidazole rings is 1. The molecule has 8 nitrogen and oxygen atoms in total. The summed E-state index contributed by atoms with van der Waals surface area (Å²) < 4.78 is 15.5. The number of halogens is 1. The molecule has 0 aliphatic rings. The van der Waals surface area contributed by atoms with Crippen LogP contribution in [0.3, 0.4) is 0 Å². The molecule has 2 N–H and O–H groups in total. The number of aryl methyl sites for hydroxylation is 1. The summed E-state index contributed by atoms with van der Waals surface area (Å²) in [5, 5.41) is 5.83. The number of carbonyl (C=O) groups excluding carboxylic acids is 1. The topological polar surface area (TPSA) is 97.6 Å². The van der Waals surface area contributed by atoms with Crippen molar-refractivity contribution in [1.82, 2.24) is 24.5 Å². The predicted molar refractivity (Wildman–Crippen MR) is 106 cm³/mol. The van der Waals surface area contributed by atoms with Gasteiger partial charge in [-0.1, -0.05) is 0 Å². The van der Waals surface area contributed by atoms with Gasteiger partial charge in [-0.25, -0.2) is 19.3 Å². The number of rotatable bonds is 5. The van der Waals surface area contributed by atoms with Crippen molar-refractivity contribution in [2.24, 2.45) is 0 Å². The quantitative estimate of drug-likeness (QED) is 0.542. The minimum atomic E-state index is -0.670. The molecule has 3 heterocycles. The van der Waals surface area contributed by atoms with Crippen LogP contribution in [0.2, 0.25) is 0 Å². The van der Waals surface area contributed by atoms with Crippen LogP contribution in [0, 0.1) is 12.7 Å². The number of anilines is 3. The van der Waals surface area contributed by atoms with E-state index in [-0.39, 0.29) is 5.56 Å². The lowest BCUT2D eigenvalue weighted by molar-refractivity contribution is 0.102.